The molecule has 6 nitrogen and oxygen atoms in total. The van der Waals surface area contributed by atoms with Crippen LogP contribution >= 0.6 is 0 Å². The molecule has 2 rings (SSSR count). The number of hydrogen-bond acceptors (Lipinski definition) is 4. The highest BCUT2D eigenvalue weighted by Gasteiger charge is 2.16. The molecule has 6 heteroatoms. The molecule has 0 aliphatic carbocycles. The molecule has 0 saturated carbocycles. The summed E-state index contributed by atoms with van der Waals surface area (Å²) in [6.07, 6.45) is 6.29. The molecule has 1 saturated heterocycles. The van der Waals surface area contributed by atoms with Crippen LogP contribution in [-0.2, 0) is 11.3 Å². The smallest absolute Gasteiger partial charge is 0.220 e. The first-order valence-electron chi connectivity index (χ1n) is 6.16. The largest absolute Gasteiger partial charge is 0.354 e. The van der Waals surface area contributed by atoms with Crippen LogP contribution in [0, 0.1) is 5.92 Å². The van der Waals surface area contributed by atoms with Crippen LogP contribution in [0.5, 0.6) is 0 Å². The number of amides is 1. The predicted molar refractivity (Wildman–Crippen MR) is 63.2 cm³/mol. The first-order chi connectivity index (χ1) is 8.34. The normalized spacial score (nSPS) is 16.9. The van der Waals surface area contributed by atoms with Gasteiger partial charge in [0.2, 0.25) is 5.91 Å². The Kier molecular flexibility index (Phi) is 4.49. The van der Waals surface area contributed by atoms with Gasteiger partial charge in [0, 0.05) is 19.2 Å². The highest BCUT2D eigenvalue weighted by atomic mass is 16.1. The number of nitrogens with one attached hydrogen (secondary N) is 2. The van der Waals surface area contributed by atoms with E-state index in [1.807, 2.05) is 0 Å². The Morgan fingerprint density at radius 1 is 1.47 bits per heavy atom. The molecule has 0 unspecified atom stereocenters. The average molecular weight is 237 g/mol. The first kappa shape index (κ1) is 12.0. The van der Waals surface area contributed by atoms with Gasteiger partial charge in [-0.3, -0.25) is 9.48 Å². The van der Waals surface area contributed by atoms with Crippen LogP contribution in [0.1, 0.15) is 19.3 Å². The van der Waals surface area contributed by atoms with E-state index in [0.717, 1.165) is 25.9 Å². The maximum absolute atomic E-state index is 11.7. The number of piperidine rings is 1. The van der Waals surface area contributed by atoms with Crippen LogP contribution in [0.25, 0.3) is 0 Å². The zero-order valence-corrected chi connectivity index (χ0v) is 9.93. The summed E-state index contributed by atoms with van der Waals surface area (Å²) in [4.78, 5) is 11.7. The topological polar surface area (TPSA) is 71.8 Å². The first-order valence-corrected chi connectivity index (χ1v) is 6.16. The summed E-state index contributed by atoms with van der Waals surface area (Å²) in [5, 5.41) is 13.8. The highest BCUT2D eigenvalue weighted by molar-refractivity contribution is 5.76. The van der Waals surface area contributed by atoms with Crippen LogP contribution in [0.2, 0.25) is 0 Å². The van der Waals surface area contributed by atoms with E-state index in [4.69, 9.17) is 0 Å². The second kappa shape index (κ2) is 6.34. The number of carbonyl (C=O) groups is 1. The summed E-state index contributed by atoms with van der Waals surface area (Å²) < 4.78 is 1.71. The van der Waals surface area contributed by atoms with Crippen LogP contribution < -0.4 is 10.6 Å². The highest BCUT2D eigenvalue weighted by Crippen LogP contribution is 2.15. The Hall–Kier alpha value is -1.43. The minimum atomic E-state index is 0.150. The summed E-state index contributed by atoms with van der Waals surface area (Å²) >= 11 is 0. The van der Waals surface area contributed by atoms with Gasteiger partial charge in [0.05, 0.1) is 12.7 Å². The van der Waals surface area contributed by atoms with Gasteiger partial charge in [-0.25, -0.2) is 0 Å². The lowest BCUT2D eigenvalue weighted by atomic mass is 9.94. The molecule has 94 valence electrons. The second-order valence-electron chi connectivity index (χ2n) is 4.41. The Morgan fingerprint density at radius 2 is 2.29 bits per heavy atom. The summed E-state index contributed by atoms with van der Waals surface area (Å²) in [5.74, 6) is 0.694. The lowest BCUT2D eigenvalue weighted by Gasteiger charge is -2.21. The molecule has 1 fully saturated rings. The Morgan fingerprint density at radius 3 is 3.00 bits per heavy atom. The molecule has 1 aromatic heterocycles. The lowest BCUT2D eigenvalue weighted by Crippen LogP contribution is -2.33. The summed E-state index contributed by atoms with van der Waals surface area (Å²) in [6.45, 7) is 3.37. The quantitative estimate of drug-likeness (QED) is 0.743. The molecule has 0 spiro atoms. The van der Waals surface area contributed by atoms with Crippen LogP contribution in [-0.4, -0.2) is 40.5 Å². The van der Waals surface area contributed by atoms with Crippen molar-refractivity contribution in [2.45, 2.75) is 25.8 Å². The number of aromatic nitrogens is 3. The van der Waals surface area contributed by atoms with E-state index in [-0.39, 0.29) is 5.91 Å². The zero-order valence-electron chi connectivity index (χ0n) is 9.93. The van der Waals surface area contributed by atoms with Crippen molar-refractivity contribution in [1.82, 2.24) is 25.6 Å². The molecule has 0 radical (unpaired) electrons. The Balaban J connectivity index is 1.60. The second-order valence-corrected chi connectivity index (χ2v) is 4.41. The van der Waals surface area contributed by atoms with E-state index in [2.05, 4.69) is 20.9 Å². The van der Waals surface area contributed by atoms with Gasteiger partial charge in [-0.05, 0) is 31.8 Å². The van der Waals surface area contributed by atoms with Gasteiger partial charge >= 0.3 is 0 Å². The fourth-order valence-electron chi connectivity index (χ4n) is 2.08. The van der Waals surface area contributed by atoms with Crippen molar-refractivity contribution in [2.75, 3.05) is 19.6 Å². The Bertz CT molecular complexity index is 332. The van der Waals surface area contributed by atoms with E-state index in [1.54, 1.807) is 17.1 Å². The van der Waals surface area contributed by atoms with Crippen molar-refractivity contribution < 1.29 is 4.79 Å². The van der Waals surface area contributed by atoms with Crippen molar-refractivity contribution in [3.63, 3.8) is 0 Å². The molecule has 1 aromatic rings. The van der Waals surface area contributed by atoms with Crippen molar-refractivity contribution >= 4 is 5.91 Å². The average Bonchev–Trinajstić information content (AvgIpc) is 2.83. The molecule has 2 heterocycles. The number of nitrogens with zero attached hydrogens (tertiary/aromatic N) is 3. The molecule has 1 aliphatic heterocycles. The summed E-state index contributed by atoms with van der Waals surface area (Å²) in [7, 11) is 0. The molecule has 1 aliphatic rings. The molecular weight excluding hydrogens is 218 g/mol. The summed E-state index contributed by atoms with van der Waals surface area (Å²) in [6, 6.07) is 0. The van der Waals surface area contributed by atoms with Gasteiger partial charge in [0.15, 0.2) is 0 Å². The maximum Gasteiger partial charge on any atom is 0.220 e. The minimum absolute atomic E-state index is 0.150. The van der Waals surface area contributed by atoms with Gasteiger partial charge < -0.3 is 10.6 Å². The van der Waals surface area contributed by atoms with E-state index in [9.17, 15) is 4.79 Å². The molecule has 2 N–H and O–H groups in total. The fraction of sp³-hybridized carbons (Fsp3) is 0.727. The zero-order chi connectivity index (χ0) is 11.9. The third-order valence-corrected chi connectivity index (χ3v) is 3.07. The molecule has 0 atom stereocenters. The Labute approximate surface area is 101 Å². The van der Waals surface area contributed by atoms with Gasteiger partial charge in [0.25, 0.3) is 0 Å². The monoisotopic (exact) mass is 237 g/mol. The number of rotatable bonds is 5. The van der Waals surface area contributed by atoms with Crippen LogP contribution in [0.15, 0.2) is 12.4 Å². The van der Waals surface area contributed by atoms with Crippen LogP contribution in [0.4, 0.5) is 0 Å². The maximum atomic E-state index is 11.7. The van der Waals surface area contributed by atoms with Crippen LogP contribution in [0.3, 0.4) is 0 Å². The molecule has 1 amide bonds. The van der Waals surface area contributed by atoms with Gasteiger partial charge in [0.1, 0.15) is 0 Å². The van der Waals surface area contributed by atoms with Crippen molar-refractivity contribution in [3.05, 3.63) is 12.4 Å². The minimum Gasteiger partial charge on any atom is -0.354 e. The standard InChI is InChI=1S/C11H19N5O/c17-11(9-10-1-3-12-4-2-10)13-5-7-16-8-6-14-15-16/h6,8,10,12H,1-5,7,9H2,(H,13,17). The number of hydrogen-bond donors (Lipinski definition) is 2. The molecule has 0 bridgehead atoms. The third kappa shape index (κ3) is 4.14. The van der Waals surface area contributed by atoms with Gasteiger partial charge in [-0.1, -0.05) is 5.21 Å². The van der Waals surface area contributed by atoms with Gasteiger partial charge in [-0.15, -0.1) is 5.10 Å². The number of carbonyl (C=O) groups excluding carboxylic acids is 1. The van der Waals surface area contributed by atoms with E-state index in [1.165, 1.54) is 0 Å². The predicted octanol–water partition coefficient (Wildman–Crippen LogP) is -0.216. The molecule has 0 aromatic carbocycles. The molecular formula is C11H19N5O. The van der Waals surface area contributed by atoms with E-state index in [0.29, 0.717) is 25.4 Å². The molecule has 17 heavy (non-hydrogen) atoms. The lowest BCUT2D eigenvalue weighted by molar-refractivity contribution is -0.122. The summed E-state index contributed by atoms with van der Waals surface area (Å²) in [5.41, 5.74) is 0. The fourth-order valence-corrected chi connectivity index (χ4v) is 2.08. The van der Waals surface area contributed by atoms with Crippen molar-refractivity contribution in [1.29, 1.82) is 0 Å². The third-order valence-electron chi connectivity index (χ3n) is 3.07. The SMILES string of the molecule is O=C(CC1CCNCC1)NCCn1ccnn1. The van der Waals surface area contributed by atoms with Gasteiger partial charge in [-0.2, -0.15) is 0 Å². The van der Waals surface area contributed by atoms with Crippen molar-refractivity contribution in [3.8, 4) is 0 Å². The van der Waals surface area contributed by atoms with E-state index < -0.39 is 0 Å². The van der Waals surface area contributed by atoms with E-state index >= 15 is 0 Å². The van der Waals surface area contributed by atoms with Crippen molar-refractivity contribution in [2.24, 2.45) is 5.92 Å².